The average molecular weight is 664 g/mol. The molecular formula is C49H29NO2. The Bertz CT molecular complexity index is 3250. The van der Waals surface area contributed by atoms with Crippen LogP contribution in [0.15, 0.2) is 167 Å². The number of hydrogen-bond acceptors (Lipinski definition) is 2. The second-order valence-electron chi connectivity index (χ2n) is 14.1. The summed E-state index contributed by atoms with van der Waals surface area (Å²) in [6.07, 6.45) is 0.893. The highest BCUT2D eigenvalue weighted by molar-refractivity contribution is 6.23. The van der Waals surface area contributed by atoms with E-state index in [0.29, 0.717) is 0 Å². The number of rotatable bonds is 3. The van der Waals surface area contributed by atoms with Crippen LogP contribution in [0.25, 0.3) is 110 Å². The molecule has 3 heterocycles. The van der Waals surface area contributed by atoms with Gasteiger partial charge in [-0.15, -0.1) is 0 Å². The summed E-state index contributed by atoms with van der Waals surface area (Å²) in [4.78, 5) is 3.63. The maximum absolute atomic E-state index is 6.67. The van der Waals surface area contributed by atoms with Crippen LogP contribution in [0.1, 0.15) is 11.1 Å². The molecule has 0 saturated heterocycles. The molecule has 12 rings (SSSR count). The van der Waals surface area contributed by atoms with Gasteiger partial charge in [-0.1, -0.05) is 97.1 Å². The van der Waals surface area contributed by atoms with Crippen molar-refractivity contribution in [3.63, 3.8) is 0 Å². The molecule has 0 amide bonds. The molecule has 0 aliphatic heterocycles. The largest absolute Gasteiger partial charge is 0.456 e. The number of fused-ring (bicyclic) bond motifs is 14. The third kappa shape index (κ3) is 3.96. The number of nitrogens with one attached hydrogen (secondary N) is 1. The fourth-order valence-electron chi connectivity index (χ4n) is 8.74. The van der Waals surface area contributed by atoms with Gasteiger partial charge in [-0.05, 0) is 123 Å². The van der Waals surface area contributed by atoms with E-state index >= 15 is 0 Å². The molecular weight excluding hydrogens is 635 g/mol. The van der Waals surface area contributed by atoms with Gasteiger partial charge in [0.1, 0.15) is 22.3 Å². The van der Waals surface area contributed by atoms with Gasteiger partial charge in [0.25, 0.3) is 0 Å². The number of hydrogen-bond donors (Lipinski definition) is 1. The molecule has 8 aromatic carbocycles. The lowest BCUT2D eigenvalue weighted by atomic mass is 9.96. The van der Waals surface area contributed by atoms with Crippen molar-refractivity contribution in [1.29, 1.82) is 0 Å². The molecule has 3 heteroatoms. The van der Waals surface area contributed by atoms with E-state index in [4.69, 9.17) is 8.83 Å². The fraction of sp³-hybridized carbons (Fsp3) is 0.0204. The van der Waals surface area contributed by atoms with Gasteiger partial charge in [-0.3, -0.25) is 0 Å². The topological polar surface area (TPSA) is 42.1 Å². The number of furan rings is 2. The van der Waals surface area contributed by atoms with E-state index in [1.54, 1.807) is 0 Å². The molecule has 11 aromatic rings. The Morgan fingerprint density at radius 1 is 0.385 bits per heavy atom. The van der Waals surface area contributed by atoms with Gasteiger partial charge in [-0.25, -0.2) is 0 Å². The SMILES string of the molecule is c1ccc(-c2ccc3oc4ccc5c(c4c3c2)Cc2ccc(-c3ccc4oc6c(ccc7[nH]c8ccc(-c9ccccc9)cc8c76)c4c3)cc2-5)cc1. The van der Waals surface area contributed by atoms with Gasteiger partial charge < -0.3 is 13.8 Å². The zero-order chi connectivity index (χ0) is 33.9. The Morgan fingerprint density at radius 2 is 1.00 bits per heavy atom. The Labute approximate surface area is 298 Å². The third-order valence-electron chi connectivity index (χ3n) is 11.3. The van der Waals surface area contributed by atoms with Crippen molar-refractivity contribution in [2.75, 3.05) is 0 Å². The van der Waals surface area contributed by atoms with E-state index in [-0.39, 0.29) is 0 Å². The first kappa shape index (κ1) is 27.9. The van der Waals surface area contributed by atoms with Crippen LogP contribution in [0.4, 0.5) is 0 Å². The Balaban J connectivity index is 0.979. The van der Waals surface area contributed by atoms with Crippen LogP contribution in [-0.4, -0.2) is 4.98 Å². The summed E-state index contributed by atoms with van der Waals surface area (Å²) < 4.78 is 13.1. The summed E-state index contributed by atoms with van der Waals surface area (Å²) in [5.74, 6) is 0. The normalized spacial score (nSPS) is 12.5. The minimum Gasteiger partial charge on any atom is -0.456 e. The second kappa shape index (κ2) is 10.3. The minimum atomic E-state index is 0.893. The molecule has 0 bridgehead atoms. The van der Waals surface area contributed by atoms with Crippen LogP contribution < -0.4 is 0 Å². The predicted octanol–water partition coefficient (Wildman–Crippen LogP) is 13.7. The van der Waals surface area contributed by atoms with Crippen molar-refractivity contribution >= 4 is 65.7 Å². The van der Waals surface area contributed by atoms with Crippen LogP contribution >= 0.6 is 0 Å². The smallest absolute Gasteiger partial charge is 0.145 e. The number of benzene rings is 8. The third-order valence-corrected chi connectivity index (χ3v) is 11.3. The average Bonchev–Trinajstić information content (AvgIpc) is 3.97. The number of aromatic amines is 1. The molecule has 3 aromatic heterocycles. The first-order chi connectivity index (χ1) is 25.7. The lowest BCUT2D eigenvalue weighted by Gasteiger charge is -2.07. The molecule has 0 saturated carbocycles. The zero-order valence-electron chi connectivity index (χ0n) is 28.0. The van der Waals surface area contributed by atoms with Crippen LogP contribution in [-0.2, 0) is 6.42 Å². The standard InChI is InChI=1S/C49H29NO2/c1-3-7-28(8-4-1)30-13-18-42-40(25-30)48-43(50-42)19-16-36-38-24-33(15-20-44(38)52-49(36)48)32-11-12-34-27-39-35(37(34)23-32)17-22-46-47(39)41-26-31(14-21-45(41)51-46)29-9-5-2-6-10-29/h1-26,50H,27H2. The molecule has 1 aliphatic rings. The van der Waals surface area contributed by atoms with E-state index in [1.165, 1.54) is 71.8 Å². The highest BCUT2D eigenvalue weighted by Crippen LogP contribution is 2.46. The van der Waals surface area contributed by atoms with Gasteiger partial charge in [0.2, 0.25) is 0 Å². The van der Waals surface area contributed by atoms with Gasteiger partial charge in [0.15, 0.2) is 0 Å². The first-order valence-corrected chi connectivity index (χ1v) is 17.9. The van der Waals surface area contributed by atoms with Gasteiger partial charge in [0, 0.05) is 32.4 Å². The maximum Gasteiger partial charge on any atom is 0.145 e. The molecule has 0 radical (unpaired) electrons. The van der Waals surface area contributed by atoms with E-state index in [1.807, 2.05) is 0 Å². The van der Waals surface area contributed by atoms with Crippen LogP contribution in [0.2, 0.25) is 0 Å². The van der Waals surface area contributed by atoms with Crippen molar-refractivity contribution < 1.29 is 8.83 Å². The lowest BCUT2D eigenvalue weighted by Crippen LogP contribution is -1.83. The summed E-state index contributed by atoms with van der Waals surface area (Å²) >= 11 is 0. The maximum atomic E-state index is 6.67. The lowest BCUT2D eigenvalue weighted by molar-refractivity contribution is 0.669. The molecule has 52 heavy (non-hydrogen) atoms. The molecule has 0 fully saturated rings. The molecule has 3 nitrogen and oxygen atoms in total. The molecule has 0 spiro atoms. The number of H-pyrrole nitrogens is 1. The Kier molecular flexibility index (Phi) is 5.56. The molecule has 1 N–H and O–H groups in total. The van der Waals surface area contributed by atoms with Crippen LogP contribution in [0.3, 0.4) is 0 Å². The van der Waals surface area contributed by atoms with Crippen LogP contribution in [0.5, 0.6) is 0 Å². The summed E-state index contributed by atoms with van der Waals surface area (Å²) in [6, 6.07) is 56.7. The fourth-order valence-corrected chi connectivity index (χ4v) is 8.74. The molecule has 0 unspecified atom stereocenters. The Morgan fingerprint density at radius 3 is 1.79 bits per heavy atom. The van der Waals surface area contributed by atoms with Crippen molar-refractivity contribution in [3.05, 3.63) is 169 Å². The molecule has 1 aliphatic carbocycles. The molecule has 242 valence electrons. The van der Waals surface area contributed by atoms with Gasteiger partial charge >= 0.3 is 0 Å². The van der Waals surface area contributed by atoms with Crippen molar-refractivity contribution in [3.8, 4) is 44.5 Å². The van der Waals surface area contributed by atoms with Crippen molar-refractivity contribution in [2.45, 2.75) is 6.42 Å². The second-order valence-corrected chi connectivity index (χ2v) is 14.1. The first-order valence-electron chi connectivity index (χ1n) is 17.9. The van der Waals surface area contributed by atoms with Crippen molar-refractivity contribution in [2.24, 2.45) is 0 Å². The monoisotopic (exact) mass is 663 g/mol. The minimum absolute atomic E-state index is 0.893. The summed E-state index contributed by atoms with van der Waals surface area (Å²) in [5.41, 5.74) is 18.4. The van der Waals surface area contributed by atoms with E-state index in [9.17, 15) is 0 Å². The van der Waals surface area contributed by atoms with E-state index < -0.39 is 0 Å². The zero-order valence-corrected chi connectivity index (χ0v) is 28.0. The summed E-state index contributed by atoms with van der Waals surface area (Å²) in [5, 5.41) is 6.98. The molecule has 0 atom stereocenters. The van der Waals surface area contributed by atoms with Gasteiger partial charge in [-0.2, -0.15) is 0 Å². The highest BCUT2D eigenvalue weighted by atomic mass is 16.3. The van der Waals surface area contributed by atoms with E-state index in [0.717, 1.165) is 55.9 Å². The summed E-state index contributed by atoms with van der Waals surface area (Å²) in [6.45, 7) is 0. The predicted molar refractivity (Wildman–Crippen MR) is 215 cm³/mol. The van der Waals surface area contributed by atoms with E-state index in [2.05, 4.69) is 163 Å². The quantitative estimate of drug-likeness (QED) is 0.204. The van der Waals surface area contributed by atoms with Gasteiger partial charge in [0.05, 0.1) is 10.9 Å². The highest BCUT2D eigenvalue weighted by Gasteiger charge is 2.24. The Hall–Kier alpha value is -6.84. The summed E-state index contributed by atoms with van der Waals surface area (Å²) in [7, 11) is 0. The van der Waals surface area contributed by atoms with Crippen LogP contribution in [0, 0.1) is 0 Å². The van der Waals surface area contributed by atoms with Crippen molar-refractivity contribution in [1.82, 2.24) is 4.98 Å². The number of aromatic nitrogens is 1.